The summed E-state index contributed by atoms with van der Waals surface area (Å²) in [6, 6.07) is 0. The second-order valence-corrected chi connectivity index (χ2v) is 8.57. The number of hydrogen-bond donors (Lipinski definition) is 0. The van der Waals surface area contributed by atoms with E-state index in [9.17, 15) is 0 Å². The van der Waals surface area contributed by atoms with E-state index in [1.807, 2.05) is 0 Å². The molecule has 0 amide bonds. The van der Waals surface area contributed by atoms with Crippen molar-refractivity contribution in [3.63, 3.8) is 0 Å². The molecule has 3 nitrogen and oxygen atoms in total. The van der Waals surface area contributed by atoms with Gasteiger partial charge in [0.15, 0.2) is 0 Å². The highest BCUT2D eigenvalue weighted by atomic mass is 28.4. The summed E-state index contributed by atoms with van der Waals surface area (Å²) >= 11 is 0. The Balaban J connectivity index is 5.05. The Morgan fingerprint density at radius 3 is 1.43 bits per heavy atom. The van der Waals surface area contributed by atoms with Crippen molar-refractivity contribution < 1.29 is 0 Å². The molecule has 0 bridgehead atoms. The fourth-order valence-corrected chi connectivity index (χ4v) is 5.77. The maximum Gasteiger partial charge on any atom is 0.314 e. The van der Waals surface area contributed by atoms with Gasteiger partial charge in [0, 0.05) is 0 Å². The number of nitrogens with zero attached hydrogens (tertiary/aromatic N) is 3. The topological polar surface area (TPSA) is 9.72 Å². The lowest BCUT2D eigenvalue weighted by atomic mass is 10.5. The number of rotatable bonds is 5. The van der Waals surface area contributed by atoms with E-state index in [1.54, 1.807) is 0 Å². The molecule has 0 fully saturated rings. The molecule has 14 heavy (non-hydrogen) atoms. The van der Waals surface area contributed by atoms with Gasteiger partial charge in [-0.2, -0.15) is 0 Å². The fraction of sp³-hybridized carbons (Fsp3) is 0.800. The van der Waals surface area contributed by atoms with Crippen LogP contribution in [0.25, 0.3) is 0 Å². The standard InChI is InChI=1S/C10H25N3Si/c1-8-9-10-14(11(2)3,12(4)5)13(6)7/h9-10H,8H2,1-7H3. The van der Waals surface area contributed by atoms with E-state index in [4.69, 9.17) is 0 Å². The Hall–Kier alpha value is -0.163. The summed E-state index contributed by atoms with van der Waals surface area (Å²) in [5.74, 6) is 0. The molecule has 0 saturated carbocycles. The second-order valence-electron chi connectivity index (χ2n) is 4.18. The van der Waals surface area contributed by atoms with Crippen LogP contribution in [0.1, 0.15) is 13.3 Å². The molecule has 0 aliphatic heterocycles. The van der Waals surface area contributed by atoms with Gasteiger partial charge in [-0.05, 0) is 48.7 Å². The van der Waals surface area contributed by atoms with Gasteiger partial charge in [-0.3, -0.25) is 0 Å². The molecule has 0 N–H and O–H groups in total. The third-order valence-electron chi connectivity index (χ3n) is 2.55. The van der Waals surface area contributed by atoms with Crippen LogP contribution in [0, 0.1) is 0 Å². The van der Waals surface area contributed by atoms with E-state index in [1.165, 1.54) is 0 Å². The van der Waals surface area contributed by atoms with Gasteiger partial charge in [0.25, 0.3) is 0 Å². The largest absolute Gasteiger partial charge is 0.314 e. The normalized spacial score (nSPS) is 13.9. The minimum atomic E-state index is -1.73. The van der Waals surface area contributed by atoms with E-state index in [2.05, 4.69) is 74.7 Å². The van der Waals surface area contributed by atoms with E-state index >= 15 is 0 Å². The molecule has 0 saturated heterocycles. The van der Waals surface area contributed by atoms with Gasteiger partial charge in [0.05, 0.1) is 0 Å². The van der Waals surface area contributed by atoms with Crippen molar-refractivity contribution in [2.45, 2.75) is 13.3 Å². The van der Waals surface area contributed by atoms with Gasteiger partial charge in [0.1, 0.15) is 0 Å². The summed E-state index contributed by atoms with van der Waals surface area (Å²) in [4.78, 5) is 0. The van der Waals surface area contributed by atoms with Gasteiger partial charge < -0.3 is 13.7 Å². The molecule has 0 heterocycles. The van der Waals surface area contributed by atoms with E-state index in [0.29, 0.717) is 0 Å². The molecule has 0 aromatic carbocycles. The SMILES string of the molecule is CCC=C[Si](N(C)C)(N(C)C)N(C)C. The monoisotopic (exact) mass is 215 g/mol. The Labute approximate surface area is 90.2 Å². The van der Waals surface area contributed by atoms with E-state index in [-0.39, 0.29) is 0 Å². The van der Waals surface area contributed by atoms with Crippen molar-refractivity contribution in [1.82, 2.24) is 13.7 Å². The molecule has 4 heteroatoms. The Kier molecular flexibility index (Phi) is 5.59. The summed E-state index contributed by atoms with van der Waals surface area (Å²) in [7, 11) is 11.2. The average molecular weight is 215 g/mol. The van der Waals surface area contributed by atoms with Crippen molar-refractivity contribution in [3.8, 4) is 0 Å². The molecule has 0 unspecified atom stereocenters. The van der Waals surface area contributed by atoms with Crippen LogP contribution in [0.4, 0.5) is 0 Å². The molecule has 0 rings (SSSR count). The zero-order valence-electron chi connectivity index (χ0n) is 10.7. The minimum Gasteiger partial charge on any atom is -0.302 e. The van der Waals surface area contributed by atoms with Crippen LogP contribution >= 0.6 is 0 Å². The van der Waals surface area contributed by atoms with Crippen LogP contribution in [0.2, 0.25) is 0 Å². The van der Waals surface area contributed by atoms with Crippen molar-refractivity contribution in [3.05, 3.63) is 11.8 Å². The quantitative estimate of drug-likeness (QED) is 0.636. The zero-order chi connectivity index (χ0) is 11.4. The van der Waals surface area contributed by atoms with Crippen LogP contribution in [0.15, 0.2) is 11.8 Å². The first-order chi connectivity index (χ1) is 6.39. The highest BCUT2D eigenvalue weighted by Gasteiger charge is 2.39. The zero-order valence-corrected chi connectivity index (χ0v) is 11.7. The minimum absolute atomic E-state index is 1.10. The summed E-state index contributed by atoms with van der Waals surface area (Å²) in [6.07, 6.45) is 3.37. The summed E-state index contributed by atoms with van der Waals surface area (Å²) < 4.78 is 7.04. The molecule has 0 aromatic heterocycles. The van der Waals surface area contributed by atoms with Crippen LogP contribution in [0.5, 0.6) is 0 Å². The molecule has 0 spiro atoms. The first-order valence-electron chi connectivity index (χ1n) is 5.09. The van der Waals surface area contributed by atoms with Crippen molar-refractivity contribution in [2.24, 2.45) is 0 Å². The average Bonchev–Trinajstić information content (AvgIpc) is 2.03. The second kappa shape index (κ2) is 5.65. The maximum atomic E-state index is 2.38. The summed E-state index contributed by atoms with van der Waals surface area (Å²) in [5, 5.41) is 0. The molecular weight excluding hydrogens is 190 g/mol. The molecular formula is C10H25N3Si. The lowest BCUT2D eigenvalue weighted by Crippen LogP contribution is -2.68. The summed E-state index contributed by atoms with van der Waals surface area (Å²) in [6.45, 7) is 2.18. The van der Waals surface area contributed by atoms with E-state index in [0.717, 1.165) is 6.42 Å². The molecule has 0 aliphatic rings. The molecule has 0 aliphatic carbocycles. The van der Waals surface area contributed by atoms with Crippen molar-refractivity contribution >= 4 is 8.56 Å². The van der Waals surface area contributed by atoms with Gasteiger partial charge in [-0.15, -0.1) is 0 Å². The lowest BCUT2D eigenvalue weighted by Gasteiger charge is -2.44. The van der Waals surface area contributed by atoms with Crippen LogP contribution in [-0.2, 0) is 0 Å². The third-order valence-corrected chi connectivity index (χ3v) is 7.18. The summed E-state index contributed by atoms with van der Waals surface area (Å²) in [5.41, 5.74) is 2.38. The Bertz CT molecular complexity index is 166. The van der Waals surface area contributed by atoms with Crippen molar-refractivity contribution in [2.75, 3.05) is 42.3 Å². The highest BCUT2D eigenvalue weighted by molar-refractivity contribution is 6.76. The third kappa shape index (κ3) is 2.67. The molecule has 0 aromatic rings. The highest BCUT2D eigenvalue weighted by Crippen LogP contribution is 2.14. The van der Waals surface area contributed by atoms with Gasteiger partial charge in [0.2, 0.25) is 0 Å². The maximum absolute atomic E-state index is 2.38. The predicted octanol–water partition coefficient (Wildman–Crippen LogP) is 1.12. The molecule has 84 valence electrons. The first-order valence-corrected chi connectivity index (χ1v) is 7.01. The van der Waals surface area contributed by atoms with E-state index < -0.39 is 8.56 Å². The predicted molar refractivity (Wildman–Crippen MR) is 66.2 cm³/mol. The van der Waals surface area contributed by atoms with Crippen LogP contribution < -0.4 is 0 Å². The lowest BCUT2D eigenvalue weighted by molar-refractivity contribution is 0.395. The first kappa shape index (κ1) is 13.8. The molecule has 0 atom stereocenters. The van der Waals surface area contributed by atoms with Crippen LogP contribution in [-0.4, -0.2) is 64.5 Å². The molecule has 0 radical (unpaired) electrons. The smallest absolute Gasteiger partial charge is 0.302 e. The number of hydrogen-bond acceptors (Lipinski definition) is 3. The van der Waals surface area contributed by atoms with Crippen molar-refractivity contribution in [1.29, 1.82) is 0 Å². The number of allylic oxidation sites excluding steroid dienone is 1. The van der Waals surface area contributed by atoms with Gasteiger partial charge in [-0.25, -0.2) is 0 Å². The fourth-order valence-electron chi connectivity index (χ4n) is 1.92. The van der Waals surface area contributed by atoms with Gasteiger partial charge >= 0.3 is 8.56 Å². The Morgan fingerprint density at radius 1 is 0.857 bits per heavy atom. The Morgan fingerprint density at radius 2 is 1.21 bits per heavy atom. The van der Waals surface area contributed by atoms with Crippen LogP contribution in [0.3, 0.4) is 0 Å². The van der Waals surface area contributed by atoms with Gasteiger partial charge in [-0.1, -0.05) is 18.7 Å².